The lowest BCUT2D eigenvalue weighted by Gasteiger charge is -2.32. The molecule has 1 amide bonds. The van der Waals surface area contributed by atoms with Gasteiger partial charge in [-0.15, -0.1) is 0 Å². The Labute approximate surface area is 153 Å². The highest BCUT2D eigenvalue weighted by atomic mass is 32.2. The van der Waals surface area contributed by atoms with Gasteiger partial charge in [0.2, 0.25) is 11.8 Å². The molecule has 0 saturated carbocycles. The monoisotopic (exact) mass is 375 g/mol. The fraction of sp³-hybridized carbons (Fsp3) is 0.389. The van der Waals surface area contributed by atoms with Crippen LogP contribution in [-0.4, -0.2) is 54.1 Å². The van der Waals surface area contributed by atoms with E-state index >= 15 is 0 Å². The molecule has 3 rings (SSSR count). The van der Waals surface area contributed by atoms with Gasteiger partial charge in [0, 0.05) is 25.2 Å². The second kappa shape index (κ2) is 8.27. The molecule has 1 unspecified atom stereocenters. The number of rotatable bonds is 6. The van der Waals surface area contributed by atoms with Crippen molar-refractivity contribution in [1.29, 1.82) is 0 Å². The maximum atomic E-state index is 12.5. The molecule has 1 atom stereocenters. The van der Waals surface area contributed by atoms with E-state index in [-0.39, 0.29) is 29.1 Å². The summed E-state index contributed by atoms with van der Waals surface area (Å²) in [6.07, 6.45) is 4.48. The third-order valence-corrected chi connectivity index (χ3v) is 5.99. The Hall–Kier alpha value is -2.48. The highest BCUT2D eigenvalue weighted by molar-refractivity contribution is 7.91. The summed E-state index contributed by atoms with van der Waals surface area (Å²) in [7, 11) is -3.45. The van der Waals surface area contributed by atoms with Gasteiger partial charge in [-0.1, -0.05) is 18.2 Å². The number of hydrogen-bond donors (Lipinski definition) is 0. The zero-order valence-corrected chi connectivity index (χ0v) is 15.1. The van der Waals surface area contributed by atoms with Crippen LogP contribution in [0.1, 0.15) is 19.3 Å². The van der Waals surface area contributed by atoms with Gasteiger partial charge in [-0.2, -0.15) is 0 Å². The van der Waals surface area contributed by atoms with Crippen molar-refractivity contribution in [1.82, 2.24) is 14.9 Å². The third kappa shape index (κ3) is 4.78. The molecule has 1 aliphatic rings. The van der Waals surface area contributed by atoms with Crippen LogP contribution in [-0.2, 0) is 14.6 Å². The Morgan fingerprint density at radius 2 is 2.04 bits per heavy atom. The predicted molar refractivity (Wildman–Crippen MR) is 95.4 cm³/mol. The summed E-state index contributed by atoms with van der Waals surface area (Å²) in [5, 5.41) is 0. The number of likely N-dealkylation sites (tertiary alicyclic amines) is 1. The molecule has 138 valence electrons. The molecule has 26 heavy (non-hydrogen) atoms. The van der Waals surface area contributed by atoms with Gasteiger partial charge >= 0.3 is 0 Å². The van der Waals surface area contributed by atoms with E-state index in [0.717, 1.165) is 12.8 Å². The number of piperidine rings is 1. The summed E-state index contributed by atoms with van der Waals surface area (Å²) in [5.74, 6) is 0.121. The number of carbonyl (C=O) groups excluding carboxylic acids is 1. The number of hydrogen-bond acceptors (Lipinski definition) is 6. The second-order valence-corrected chi connectivity index (χ2v) is 8.26. The Morgan fingerprint density at radius 3 is 2.77 bits per heavy atom. The third-order valence-electron chi connectivity index (χ3n) is 4.26. The molecule has 0 N–H and O–H groups in total. The molecule has 1 saturated heterocycles. The van der Waals surface area contributed by atoms with Crippen LogP contribution in [0.15, 0.2) is 53.8 Å². The van der Waals surface area contributed by atoms with Gasteiger partial charge in [0.25, 0.3) is 0 Å². The standard InChI is InChI=1S/C18H21N3O4S/c22-18(9-12-26(23,24)16-6-2-1-3-7-16)21-11-4-5-15(13-21)25-17-8-10-19-14-20-17/h1-3,6-8,10,14-15H,4-5,9,11-13H2. The summed E-state index contributed by atoms with van der Waals surface area (Å²) in [5.41, 5.74) is 0. The zero-order valence-electron chi connectivity index (χ0n) is 14.3. The van der Waals surface area contributed by atoms with E-state index in [2.05, 4.69) is 9.97 Å². The van der Waals surface area contributed by atoms with E-state index in [4.69, 9.17) is 4.74 Å². The number of benzene rings is 1. The second-order valence-electron chi connectivity index (χ2n) is 6.15. The van der Waals surface area contributed by atoms with Gasteiger partial charge in [-0.25, -0.2) is 18.4 Å². The molecule has 0 radical (unpaired) electrons. The first kappa shape index (κ1) is 18.3. The number of nitrogens with zero attached hydrogens (tertiary/aromatic N) is 3. The average molecular weight is 375 g/mol. The minimum Gasteiger partial charge on any atom is -0.472 e. The zero-order chi connectivity index (χ0) is 18.4. The van der Waals surface area contributed by atoms with Crippen LogP contribution in [0.3, 0.4) is 0 Å². The Kier molecular flexibility index (Phi) is 5.82. The van der Waals surface area contributed by atoms with E-state index in [1.54, 1.807) is 47.5 Å². The van der Waals surface area contributed by atoms with Crippen LogP contribution in [0.25, 0.3) is 0 Å². The number of aromatic nitrogens is 2. The maximum Gasteiger partial charge on any atom is 0.223 e. The SMILES string of the molecule is O=C(CCS(=O)(=O)c1ccccc1)N1CCCC(Oc2ccncn2)C1. The maximum absolute atomic E-state index is 12.5. The largest absolute Gasteiger partial charge is 0.472 e. The molecular weight excluding hydrogens is 354 g/mol. The molecule has 1 fully saturated rings. The Morgan fingerprint density at radius 1 is 1.23 bits per heavy atom. The van der Waals surface area contributed by atoms with Gasteiger partial charge in [-0.3, -0.25) is 4.79 Å². The first-order chi connectivity index (χ1) is 12.5. The highest BCUT2D eigenvalue weighted by Crippen LogP contribution is 2.18. The lowest BCUT2D eigenvalue weighted by Crippen LogP contribution is -2.44. The summed E-state index contributed by atoms with van der Waals surface area (Å²) in [6.45, 7) is 1.06. The van der Waals surface area contributed by atoms with Crippen LogP contribution in [0.4, 0.5) is 0 Å². The van der Waals surface area contributed by atoms with Crippen molar-refractivity contribution >= 4 is 15.7 Å². The van der Waals surface area contributed by atoms with Crippen molar-refractivity contribution < 1.29 is 17.9 Å². The van der Waals surface area contributed by atoms with E-state index in [1.165, 1.54) is 6.33 Å². The molecular formula is C18H21N3O4S. The van der Waals surface area contributed by atoms with Crippen LogP contribution in [0.2, 0.25) is 0 Å². The molecule has 1 aliphatic heterocycles. The smallest absolute Gasteiger partial charge is 0.223 e. The van der Waals surface area contributed by atoms with Gasteiger partial charge in [-0.05, 0) is 25.0 Å². The van der Waals surface area contributed by atoms with Crippen molar-refractivity contribution in [2.24, 2.45) is 0 Å². The molecule has 7 nitrogen and oxygen atoms in total. The first-order valence-electron chi connectivity index (χ1n) is 8.53. The van der Waals surface area contributed by atoms with Gasteiger partial charge in [0.15, 0.2) is 9.84 Å². The number of amides is 1. The normalized spacial score (nSPS) is 17.7. The number of carbonyl (C=O) groups is 1. The summed E-state index contributed by atoms with van der Waals surface area (Å²) >= 11 is 0. The van der Waals surface area contributed by atoms with Crippen molar-refractivity contribution in [3.63, 3.8) is 0 Å². The molecule has 0 aliphatic carbocycles. The predicted octanol–water partition coefficient (Wildman–Crippen LogP) is 1.71. The fourth-order valence-corrected chi connectivity index (χ4v) is 4.16. The minimum absolute atomic E-state index is 0.0303. The molecule has 0 bridgehead atoms. The number of ether oxygens (including phenoxy) is 1. The van der Waals surface area contributed by atoms with E-state index in [1.807, 2.05) is 0 Å². The highest BCUT2D eigenvalue weighted by Gasteiger charge is 2.26. The molecule has 0 spiro atoms. The molecule has 1 aromatic heterocycles. The van der Waals surface area contributed by atoms with Crippen molar-refractivity contribution in [2.45, 2.75) is 30.3 Å². The topological polar surface area (TPSA) is 89.5 Å². The van der Waals surface area contributed by atoms with Crippen molar-refractivity contribution in [3.8, 4) is 5.88 Å². The van der Waals surface area contributed by atoms with E-state index in [9.17, 15) is 13.2 Å². The Bertz CT molecular complexity index is 828. The van der Waals surface area contributed by atoms with Crippen LogP contribution < -0.4 is 4.74 Å². The van der Waals surface area contributed by atoms with Crippen LogP contribution in [0.5, 0.6) is 5.88 Å². The van der Waals surface area contributed by atoms with Gasteiger partial charge in [0.1, 0.15) is 12.4 Å². The molecule has 2 heterocycles. The fourth-order valence-electron chi connectivity index (χ4n) is 2.91. The Balaban J connectivity index is 1.54. The summed E-state index contributed by atoms with van der Waals surface area (Å²) in [4.78, 5) is 22.2. The molecule has 1 aromatic carbocycles. The summed E-state index contributed by atoms with van der Waals surface area (Å²) < 4.78 is 30.4. The minimum atomic E-state index is -3.45. The van der Waals surface area contributed by atoms with E-state index < -0.39 is 9.84 Å². The van der Waals surface area contributed by atoms with Gasteiger partial charge < -0.3 is 9.64 Å². The van der Waals surface area contributed by atoms with Crippen molar-refractivity contribution in [3.05, 3.63) is 48.9 Å². The van der Waals surface area contributed by atoms with Crippen molar-refractivity contribution in [2.75, 3.05) is 18.8 Å². The lowest BCUT2D eigenvalue weighted by atomic mass is 10.1. The quantitative estimate of drug-likeness (QED) is 0.764. The van der Waals surface area contributed by atoms with Gasteiger partial charge in [0.05, 0.1) is 17.2 Å². The van der Waals surface area contributed by atoms with Crippen LogP contribution >= 0.6 is 0 Å². The summed E-state index contributed by atoms with van der Waals surface area (Å²) in [6, 6.07) is 9.88. The average Bonchev–Trinajstić information content (AvgIpc) is 2.68. The molecule has 8 heteroatoms. The lowest BCUT2D eigenvalue weighted by molar-refractivity contribution is -0.133. The van der Waals surface area contributed by atoms with E-state index in [0.29, 0.717) is 19.0 Å². The first-order valence-corrected chi connectivity index (χ1v) is 10.2. The number of sulfone groups is 1. The molecule has 2 aromatic rings. The van der Waals surface area contributed by atoms with Crippen LogP contribution in [0, 0.1) is 0 Å².